The van der Waals surface area contributed by atoms with E-state index in [2.05, 4.69) is 42.8 Å². The Labute approximate surface area is 132 Å². The standard InChI is InChI=1S/C17H14N6/c1-3-7-12(8-4-1)11-18-22-17-20-16-15(21-23-17)13-9-5-2-6-10-14(13)19-16/h1,3-11H,2H2,(H2,19,20,22,23)/b18-11+. The third-order valence-corrected chi connectivity index (χ3v) is 3.50. The van der Waals surface area contributed by atoms with Crippen molar-refractivity contribution >= 4 is 35.5 Å². The molecule has 1 aliphatic carbocycles. The Bertz CT molecular complexity index is 921. The lowest BCUT2D eigenvalue weighted by Gasteiger charge is -1.97. The van der Waals surface area contributed by atoms with Crippen LogP contribution in [0.2, 0.25) is 0 Å². The summed E-state index contributed by atoms with van der Waals surface area (Å²) in [5, 5.41) is 12.5. The number of anilines is 1. The number of hydrogen-bond acceptors (Lipinski definition) is 5. The highest BCUT2D eigenvalue weighted by Gasteiger charge is 2.12. The summed E-state index contributed by atoms with van der Waals surface area (Å²) in [7, 11) is 0. The Morgan fingerprint density at radius 2 is 1.96 bits per heavy atom. The van der Waals surface area contributed by atoms with Gasteiger partial charge in [-0.2, -0.15) is 10.1 Å². The van der Waals surface area contributed by atoms with Gasteiger partial charge < -0.3 is 4.98 Å². The average Bonchev–Trinajstić information content (AvgIpc) is 2.76. The van der Waals surface area contributed by atoms with E-state index in [1.54, 1.807) is 6.21 Å². The van der Waals surface area contributed by atoms with Gasteiger partial charge in [-0.1, -0.05) is 48.6 Å². The minimum Gasteiger partial charge on any atom is -0.338 e. The third-order valence-electron chi connectivity index (χ3n) is 3.50. The predicted octanol–water partition coefficient (Wildman–Crippen LogP) is 3.23. The van der Waals surface area contributed by atoms with Crippen LogP contribution in [0.3, 0.4) is 0 Å². The lowest BCUT2D eigenvalue weighted by atomic mass is 10.2. The van der Waals surface area contributed by atoms with Gasteiger partial charge in [0, 0.05) is 11.3 Å². The molecule has 23 heavy (non-hydrogen) atoms. The van der Waals surface area contributed by atoms with Gasteiger partial charge in [-0.25, -0.2) is 5.43 Å². The van der Waals surface area contributed by atoms with Gasteiger partial charge in [0.15, 0.2) is 5.65 Å². The summed E-state index contributed by atoms with van der Waals surface area (Å²) in [6, 6.07) is 9.81. The minimum atomic E-state index is 0.356. The Balaban J connectivity index is 1.60. The number of H-pyrrole nitrogens is 1. The van der Waals surface area contributed by atoms with Crippen LogP contribution in [-0.2, 0) is 0 Å². The van der Waals surface area contributed by atoms with Gasteiger partial charge in [0.1, 0.15) is 5.52 Å². The highest BCUT2D eigenvalue weighted by molar-refractivity contribution is 5.88. The smallest absolute Gasteiger partial charge is 0.265 e. The van der Waals surface area contributed by atoms with Gasteiger partial charge in [-0.05, 0) is 18.1 Å². The Morgan fingerprint density at radius 1 is 1.09 bits per heavy atom. The lowest BCUT2D eigenvalue weighted by Crippen LogP contribution is -1.99. The van der Waals surface area contributed by atoms with Crippen LogP contribution in [0, 0.1) is 0 Å². The molecule has 1 aromatic carbocycles. The highest BCUT2D eigenvalue weighted by Crippen LogP contribution is 2.24. The maximum absolute atomic E-state index is 4.42. The minimum absolute atomic E-state index is 0.356. The SMILES string of the molecule is C1=Cc2[nH]c3nc(N/N=C/c4ccccc4)nnc3c2C=CC1. The molecule has 112 valence electrons. The Kier molecular flexibility index (Phi) is 3.40. The maximum Gasteiger partial charge on any atom is 0.265 e. The number of hydrazone groups is 1. The second kappa shape index (κ2) is 5.84. The van der Waals surface area contributed by atoms with Gasteiger partial charge in [-0.15, -0.1) is 10.2 Å². The normalized spacial score (nSPS) is 13.4. The van der Waals surface area contributed by atoms with Crippen LogP contribution in [0.1, 0.15) is 23.2 Å². The maximum atomic E-state index is 4.42. The van der Waals surface area contributed by atoms with Crippen molar-refractivity contribution in [3.63, 3.8) is 0 Å². The average molecular weight is 302 g/mol. The first kappa shape index (κ1) is 13.4. The van der Waals surface area contributed by atoms with Crippen molar-refractivity contribution in [1.82, 2.24) is 20.2 Å². The highest BCUT2D eigenvalue weighted by atomic mass is 15.4. The van der Waals surface area contributed by atoms with Crippen molar-refractivity contribution in [2.75, 3.05) is 5.43 Å². The fraction of sp³-hybridized carbons (Fsp3) is 0.0588. The molecular weight excluding hydrogens is 288 g/mol. The topological polar surface area (TPSA) is 78.9 Å². The van der Waals surface area contributed by atoms with Crippen LogP contribution in [0.15, 0.2) is 47.6 Å². The van der Waals surface area contributed by atoms with Crippen LogP contribution in [0.4, 0.5) is 5.95 Å². The van der Waals surface area contributed by atoms with E-state index in [9.17, 15) is 0 Å². The summed E-state index contributed by atoms with van der Waals surface area (Å²) < 4.78 is 0. The largest absolute Gasteiger partial charge is 0.338 e. The van der Waals surface area contributed by atoms with E-state index in [1.807, 2.05) is 42.5 Å². The van der Waals surface area contributed by atoms with Crippen molar-refractivity contribution < 1.29 is 0 Å². The molecule has 0 fully saturated rings. The molecule has 1 aliphatic rings. The summed E-state index contributed by atoms with van der Waals surface area (Å²) >= 11 is 0. The van der Waals surface area contributed by atoms with Crippen molar-refractivity contribution in [3.8, 4) is 0 Å². The summed E-state index contributed by atoms with van der Waals surface area (Å²) in [5.41, 5.74) is 7.28. The molecule has 6 nitrogen and oxygen atoms in total. The molecule has 0 saturated heterocycles. The van der Waals surface area contributed by atoms with E-state index >= 15 is 0 Å². The quantitative estimate of drug-likeness (QED) is 0.575. The first-order valence-corrected chi connectivity index (χ1v) is 7.34. The molecule has 0 bridgehead atoms. The molecule has 2 N–H and O–H groups in total. The second-order valence-corrected chi connectivity index (χ2v) is 5.11. The van der Waals surface area contributed by atoms with E-state index in [4.69, 9.17) is 0 Å². The fourth-order valence-corrected chi connectivity index (χ4v) is 2.42. The number of benzene rings is 1. The van der Waals surface area contributed by atoms with Crippen LogP contribution in [0.5, 0.6) is 0 Å². The Hall–Kier alpha value is -3.28. The number of aromatic amines is 1. The second-order valence-electron chi connectivity index (χ2n) is 5.11. The van der Waals surface area contributed by atoms with Crippen molar-refractivity contribution in [3.05, 3.63) is 59.3 Å². The van der Waals surface area contributed by atoms with Crippen LogP contribution < -0.4 is 5.43 Å². The van der Waals surface area contributed by atoms with Gasteiger partial charge >= 0.3 is 0 Å². The number of aromatic nitrogens is 4. The van der Waals surface area contributed by atoms with Crippen molar-refractivity contribution in [2.24, 2.45) is 5.10 Å². The number of rotatable bonds is 3. The molecule has 6 heteroatoms. The third kappa shape index (κ3) is 2.74. The van der Waals surface area contributed by atoms with E-state index in [-0.39, 0.29) is 0 Å². The molecule has 2 heterocycles. The van der Waals surface area contributed by atoms with Gasteiger partial charge in [0.05, 0.1) is 6.21 Å². The molecule has 0 radical (unpaired) electrons. The summed E-state index contributed by atoms with van der Waals surface area (Å²) in [6.07, 6.45) is 10.9. The molecule has 0 unspecified atom stereocenters. The summed E-state index contributed by atoms with van der Waals surface area (Å²) in [5.74, 6) is 0.356. The van der Waals surface area contributed by atoms with Crippen LogP contribution in [0.25, 0.3) is 23.3 Å². The summed E-state index contributed by atoms with van der Waals surface area (Å²) in [4.78, 5) is 7.68. The monoisotopic (exact) mass is 302 g/mol. The number of nitrogens with zero attached hydrogens (tertiary/aromatic N) is 4. The van der Waals surface area contributed by atoms with Crippen LogP contribution >= 0.6 is 0 Å². The van der Waals surface area contributed by atoms with Gasteiger partial charge in [0.2, 0.25) is 0 Å². The predicted molar refractivity (Wildman–Crippen MR) is 92.0 cm³/mol. The van der Waals surface area contributed by atoms with E-state index in [0.29, 0.717) is 11.6 Å². The van der Waals surface area contributed by atoms with Crippen LogP contribution in [-0.4, -0.2) is 26.4 Å². The van der Waals surface area contributed by atoms with Gasteiger partial charge in [-0.3, -0.25) is 0 Å². The van der Waals surface area contributed by atoms with E-state index in [1.165, 1.54) is 0 Å². The molecule has 0 amide bonds. The number of allylic oxidation sites excluding steroid dienone is 2. The number of nitrogens with one attached hydrogen (secondary N) is 2. The molecule has 0 saturated carbocycles. The zero-order valence-electron chi connectivity index (χ0n) is 12.3. The van der Waals surface area contributed by atoms with Crippen molar-refractivity contribution in [1.29, 1.82) is 0 Å². The zero-order valence-corrected chi connectivity index (χ0v) is 12.3. The number of hydrogen-bond donors (Lipinski definition) is 2. The first-order valence-electron chi connectivity index (χ1n) is 7.34. The first-order chi connectivity index (χ1) is 11.4. The molecule has 4 rings (SSSR count). The van der Waals surface area contributed by atoms with E-state index in [0.717, 1.165) is 28.8 Å². The fourth-order valence-electron chi connectivity index (χ4n) is 2.42. The number of fused-ring (bicyclic) bond motifs is 3. The molecule has 0 atom stereocenters. The molecular formula is C17H14N6. The molecule has 3 aromatic rings. The zero-order chi connectivity index (χ0) is 15.5. The molecule has 2 aromatic heterocycles. The lowest BCUT2D eigenvalue weighted by molar-refractivity contribution is 1.01. The van der Waals surface area contributed by atoms with Crippen molar-refractivity contribution in [2.45, 2.75) is 6.42 Å². The molecule has 0 aliphatic heterocycles. The summed E-state index contributed by atoms with van der Waals surface area (Å²) in [6.45, 7) is 0. The van der Waals surface area contributed by atoms with E-state index < -0.39 is 0 Å². The molecule has 0 spiro atoms. The Morgan fingerprint density at radius 3 is 2.87 bits per heavy atom. The van der Waals surface area contributed by atoms with Gasteiger partial charge in [0.25, 0.3) is 5.95 Å².